The maximum absolute atomic E-state index is 11.3. The third-order valence-corrected chi connectivity index (χ3v) is 2.88. The Kier molecular flexibility index (Phi) is 2.06. The van der Waals surface area contributed by atoms with E-state index < -0.39 is 0 Å². The first kappa shape index (κ1) is 9.27. The van der Waals surface area contributed by atoms with Crippen LogP contribution >= 0.6 is 0 Å². The van der Waals surface area contributed by atoms with Gasteiger partial charge in [0, 0.05) is 17.1 Å². The summed E-state index contributed by atoms with van der Waals surface area (Å²) in [6, 6.07) is 8.08. The van der Waals surface area contributed by atoms with Crippen LogP contribution in [0.2, 0.25) is 0 Å². The number of nitrogens with zero attached hydrogens (tertiary/aromatic N) is 1. The Balaban J connectivity index is 1.92. The molecule has 1 aliphatic heterocycles. The monoisotopic (exact) mass is 216 g/mol. The molecule has 0 aliphatic carbocycles. The predicted octanol–water partition coefficient (Wildman–Crippen LogP) is 2.12. The van der Waals surface area contributed by atoms with Crippen molar-refractivity contribution in [3.05, 3.63) is 36.0 Å². The standard InChI is InChI=1S/C12H12N2O2/c15-12-14(5-6-16-12)8-9-7-13-11-4-2-1-3-10(9)11/h1-4,7,13H,5-6,8H2. The van der Waals surface area contributed by atoms with E-state index in [1.54, 1.807) is 4.90 Å². The number of H-pyrrole nitrogens is 1. The number of hydrogen-bond donors (Lipinski definition) is 1. The molecule has 4 nitrogen and oxygen atoms in total. The van der Waals surface area contributed by atoms with E-state index in [-0.39, 0.29) is 6.09 Å². The van der Waals surface area contributed by atoms with Crippen LogP contribution in [-0.4, -0.2) is 29.1 Å². The highest BCUT2D eigenvalue weighted by Gasteiger charge is 2.22. The van der Waals surface area contributed by atoms with E-state index in [4.69, 9.17) is 4.74 Å². The summed E-state index contributed by atoms with van der Waals surface area (Å²) in [4.78, 5) is 16.2. The molecule has 0 radical (unpaired) electrons. The van der Waals surface area contributed by atoms with Gasteiger partial charge in [-0.05, 0) is 11.6 Å². The molecule has 2 aromatic rings. The Labute approximate surface area is 92.8 Å². The lowest BCUT2D eigenvalue weighted by Crippen LogP contribution is -2.23. The molecule has 2 heterocycles. The van der Waals surface area contributed by atoms with Gasteiger partial charge in [0.05, 0.1) is 13.1 Å². The quantitative estimate of drug-likeness (QED) is 0.835. The van der Waals surface area contributed by atoms with Crippen molar-refractivity contribution in [2.45, 2.75) is 6.54 Å². The van der Waals surface area contributed by atoms with Crippen molar-refractivity contribution in [3.8, 4) is 0 Å². The number of nitrogens with one attached hydrogen (secondary N) is 1. The second-order valence-electron chi connectivity index (χ2n) is 3.90. The molecule has 0 bridgehead atoms. The molecule has 1 aromatic carbocycles. The number of cyclic esters (lactones) is 1. The van der Waals surface area contributed by atoms with E-state index >= 15 is 0 Å². The fourth-order valence-corrected chi connectivity index (χ4v) is 2.04. The number of hydrogen-bond acceptors (Lipinski definition) is 2. The predicted molar refractivity (Wildman–Crippen MR) is 60.1 cm³/mol. The van der Waals surface area contributed by atoms with Crippen LogP contribution in [0.1, 0.15) is 5.56 Å². The fraction of sp³-hybridized carbons (Fsp3) is 0.250. The summed E-state index contributed by atoms with van der Waals surface area (Å²) in [5.41, 5.74) is 2.24. The summed E-state index contributed by atoms with van der Waals surface area (Å²) >= 11 is 0. The molecule has 1 aliphatic rings. The highest BCUT2D eigenvalue weighted by atomic mass is 16.6. The van der Waals surface area contributed by atoms with Crippen molar-refractivity contribution < 1.29 is 9.53 Å². The van der Waals surface area contributed by atoms with Gasteiger partial charge in [-0.2, -0.15) is 0 Å². The Morgan fingerprint density at radius 3 is 3.06 bits per heavy atom. The highest BCUT2D eigenvalue weighted by molar-refractivity contribution is 5.83. The molecule has 0 atom stereocenters. The SMILES string of the molecule is O=C1OCCN1Cc1c[nH]c2ccccc12. The molecule has 1 amide bonds. The molecule has 3 rings (SSSR count). The van der Waals surface area contributed by atoms with Gasteiger partial charge in [-0.25, -0.2) is 4.79 Å². The van der Waals surface area contributed by atoms with Gasteiger partial charge in [0.1, 0.15) is 6.61 Å². The molecule has 0 unspecified atom stereocenters. The van der Waals surface area contributed by atoms with E-state index in [0.29, 0.717) is 19.7 Å². The second kappa shape index (κ2) is 3.56. The molecule has 1 fully saturated rings. The number of para-hydroxylation sites is 1. The van der Waals surface area contributed by atoms with Crippen LogP contribution in [0.4, 0.5) is 4.79 Å². The van der Waals surface area contributed by atoms with Crippen LogP contribution in [0.3, 0.4) is 0 Å². The number of carbonyl (C=O) groups is 1. The van der Waals surface area contributed by atoms with E-state index in [0.717, 1.165) is 11.1 Å². The lowest BCUT2D eigenvalue weighted by molar-refractivity contribution is 0.157. The fourth-order valence-electron chi connectivity index (χ4n) is 2.04. The van der Waals surface area contributed by atoms with Crippen molar-refractivity contribution in [3.63, 3.8) is 0 Å². The topological polar surface area (TPSA) is 45.3 Å². The number of rotatable bonds is 2. The zero-order chi connectivity index (χ0) is 11.0. The summed E-state index contributed by atoms with van der Waals surface area (Å²) in [7, 11) is 0. The first-order chi connectivity index (χ1) is 7.84. The van der Waals surface area contributed by atoms with Gasteiger partial charge in [-0.3, -0.25) is 0 Å². The average molecular weight is 216 g/mol. The Morgan fingerprint density at radius 1 is 1.38 bits per heavy atom. The average Bonchev–Trinajstić information content (AvgIpc) is 2.88. The number of carbonyl (C=O) groups excluding carboxylic acids is 1. The third kappa shape index (κ3) is 1.43. The maximum atomic E-state index is 11.3. The van der Waals surface area contributed by atoms with E-state index in [1.165, 1.54) is 5.39 Å². The number of ether oxygens (including phenoxy) is 1. The van der Waals surface area contributed by atoms with Gasteiger partial charge < -0.3 is 14.6 Å². The van der Waals surface area contributed by atoms with Crippen LogP contribution in [0.15, 0.2) is 30.5 Å². The van der Waals surface area contributed by atoms with Crippen molar-refractivity contribution in [1.29, 1.82) is 0 Å². The molecule has 0 saturated carbocycles. The van der Waals surface area contributed by atoms with Gasteiger partial charge >= 0.3 is 6.09 Å². The summed E-state index contributed by atoms with van der Waals surface area (Å²) in [5, 5.41) is 1.17. The first-order valence-electron chi connectivity index (χ1n) is 5.31. The third-order valence-electron chi connectivity index (χ3n) is 2.88. The van der Waals surface area contributed by atoms with Crippen LogP contribution < -0.4 is 0 Å². The van der Waals surface area contributed by atoms with Crippen LogP contribution in [0, 0.1) is 0 Å². The minimum Gasteiger partial charge on any atom is -0.448 e. The number of aromatic nitrogens is 1. The number of amides is 1. The maximum Gasteiger partial charge on any atom is 0.410 e. The molecule has 1 N–H and O–H groups in total. The van der Waals surface area contributed by atoms with Gasteiger partial charge in [0.15, 0.2) is 0 Å². The van der Waals surface area contributed by atoms with Gasteiger partial charge in [0.2, 0.25) is 0 Å². The van der Waals surface area contributed by atoms with Crippen LogP contribution in [-0.2, 0) is 11.3 Å². The summed E-state index contributed by atoms with van der Waals surface area (Å²) in [6.07, 6.45) is 1.74. The Hall–Kier alpha value is -1.97. The molecule has 0 spiro atoms. The largest absolute Gasteiger partial charge is 0.448 e. The molecule has 1 saturated heterocycles. The van der Waals surface area contributed by atoms with Crippen molar-refractivity contribution >= 4 is 17.0 Å². The summed E-state index contributed by atoms with van der Waals surface area (Å²) in [5.74, 6) is 0. The number of aromatic amines is 1. The molecular formula is C12H12N2O2. The minimum atomic E-state index is -0.217. The summed E-state index contributed by atoms with van der Waals surface area (Å²) < 4.78 is 4.90. The zero-order valence-corrected chi connectivity index (χ0v) is 8.77. The number of fused-ring (bicyclic) bond motifs is 1. The van der Waals surface area contributed by atoms with Crippen molar-refractivity contribution in [2.75, 3.05) is 13.2 Å². The Morgan fingerprint density at radius 2 is 2.25 bits per heavy atom. The van der Waals surface area contributed by atoms with Crippen LogP contribution in [0.5, 0.6) is 0 Å². The number of benzene rings is 1. The first-order valence-corrected chi connectivity index (χ1v) is 5.31. The van der Waals surface area contributed by atoms with Gasteiger partial charge in [-0.1, -0.05) is 18.2 Å². The highest BCUT2D eigenvalue weighted by Crippen LogP contribution is 2.20. The van der Waals surface area contributed by atoms with Gasteiger partial charge in [-0.15, -0.1) is 0 Å². The zero-order valence-electron chi connectivity index (χ0n) is 8.77. The Bertz CT molecular complexity index is 533. The second-order valence-corrected chi connectivity index (χ2v) is 3.90. The van der Waals surface area contributed by atoms with Crippen molar-refractivity contribution in [1.82, 2.24) is 9.88 Å². The smallest absolute Gasteiger partial charge is 0.410 e. The molecule has 4 heteroatoms. The van der Waals surface area contributed by atoms with Crippen molar-refractivity contribution in [2.24, 2.45) is 0 Å². The van der Waals surface area contributed by atoms with Crippen LogP contribution in [0.25, 0.3) is 10.9 Å². The lowest BCUT2D eigenvalue weighted by atomic mass is 10.2. The van der Waals surface area contributed by atoms with Gasteiger partial charge in [0.25, 0.3) is 0 Å². The molecule has 16 heavy (non-hydrogen) atoms. The molecular weight excluding hydrogens is 204 g/mol. The minimum absolute atomic E-state index is 0.217. The molecule has 1 aromatic heterocycles. The normalized spacial score (nSPS) is 15.8. The van der Waals surface area contributed by atoms with E-state index in [1.807, 2.05) is 24.4 Å². The lowest BCUT2D eigenvalue weighted by Gasteiger charge is -2.11. The van der Waals surface area contributed by atoms with E-state index in [2.05, 4.69) is 11.1 Å². The van der Waals surface area contributed by atoms with E-state index in [9.17, 15) is 4.79 Å². The molecule has 82 valence electrons. The summed E-state index contributed by atoms with van der Waals surface area (Å²) in [6.45, 7) is 1.79.